The minimum Gasteiger partial charge on any atom is -0.378 e. The van der Waals surface area contributed by atoms with Gasteiger partial charge in [0.2, 0.25) is 0 Å². The molecule has 0 spiro atoms. The zero-order valence-electron chi connectivity index (χ0n) is 9.03. The minimum atomic E-state index is 0.200. The highest BCUT2D eigenvalue weighted by molar-refractivity contribution is 5.22. The molecule has 0 aliphatic heterocycles. The molecule has 4 heteroatoms. The highest BCUT2D eigenvalue weighted by Crippen LogP contribution is 2.66. The molecular formula is C10H17N3O. The van der Waals surface area contributed by atoms with Crippen molar-refractivity contribution in [3.8, 4) is 0 Å². The molecule has 78 valence electrons. The van der Waals surface area contributed by atoms with E-state index in [1.165, 1.54) is 0 Å². The number of rotatable bonds is 2. The maximum Gasteiger partial charge on any atom is 0.0748 e. The van der Waals surface area contributed by atoms with Gasteiger partial charge in [-0.15, -0.1) is 5.10 Å². The van der Waals surface area contributed by atoms with Crippen LogP contribution < -0.4 is 0 Å². The van der Waals surface area contributed by atoms with Crippen LogP contribution in [0.2, 0.25) is 0 Å². The fraction of sp³-hybridized carbons (Fsp3) is 0.800. The average molecular weight is 195 g/mol. The molecule has 3 saturated carbocycles. The zero-order chi connectivity index (χ0) is 10.2. The van der Waals surface area contributed by atoms with Crippen molar-refractivity contribution in [2.75, 3.05) is 7.11 Å². The highest BCUT2D eigenvalue weighted by atomic mass is 16.5. The van der Waals surface area contributed by atoms with Crippen LogP contribution in [0.25, 0.3) is 0 Å². The van der Waals surface area contributed by atoms with Gasteiger partial charge in [-0.2, -0.15) is 0 Å². The van der Waals surface area contributed by atoms with Crippen LogP contribution >= 0.6 is 0 Å². The van der Waals surface area contributed by atoms with E-state index in [-0.39, 0.29) is 11.1 Å². The molecule has 3 fully saturated rings. The van der Waals surface area contributed by atoms with Crippen LogP contribution in [0.15, 0.2) is 12.4 Å². The normalized spacial score (nSPS) is 37.6. The summed E-state index contributed by atoms with van der Waals surface area (Å²) in [5.74, 6) is 0. The molecule has 0 saturated heterocycles. The average Bonchev–Trinajstić information content (AvgIpc) is 2.57. The Bertz CT molecular complexity index is 287. The summed E-state index contributed by atoms with van der Waals surface area (Å²) < 4.78 is 7.38. The van der Waals surface area contributed by atoms with Crippen LogP contribution in [-0.2, 0) is 10.3 Å². The van der Waals surface area contributed by atoms with E-state index in [1.807, 2.05) is 24.7 Å². The van der Waals surface area contributed by atoms with Gasteiger partial charge in [-0.3, -0.25) is 0 Å². The molecule has 0 amide bonds. The number of ether oxygens (including phenoxy) is 1. The number of aromatic nitrogens is 3. The molecule has 2 bridgehead atoms. The summed E-state index contributed by atoms with van der Waals surface area (Å²) in [7, 11) is 1.80. The van der Waals surface area contributed by atoms with E-state index < -0.39 is 0 Å². The van der Waals surface area contributed by atoms with Crippen LogP contribution in [0.5, 0.6) is 0 Å². The summed E-state index contributed by atoms with van der Waals surface area (Å²) in [6, 6.07) is 0. The quantitative estimate of drug-likeness (QED) is 0.719. The lowest BCUT2D eigenvalue weighted by Gasteiger charge is -2.68. The molecule has 0 radical (unpaired) electrons. The first kappa shape index (κ1) is 9.65. The second-order valence-corrected chi connectivity index (χ2v) is 3.99. The number of methoxy groups -OCH3 is 1. The summed E-state index contributed by atoms with van der Waals surface area (Å²) in [4.78, 5) is 0. The highest BCUT2D eigenvalue weighted by Gasteiger charge is 2.70. The SMILES string of the molecule is CC.COC12CC(n3ccnn3)(C1)C2. The molecule has 0 atom stereocenters. The smallest absolute Gasteiger partial charge is 0.0748 e. The molecule has 3 aliphatic rings. The third-order valence-corrected chi connectivity index (χ3v) is 3.30. The van der Waals surface area contributed by atoms with Crippen molar-refractivity contribution in [1.82, 2.24) is 15.0 Å². The van der Waals surface area contributed by atoms with Crippen molar-refractivity contribution < 1.29 is 4.74 Å². The Hall–Kier alpha value is -0.900. The lowest BCUT2D eigenvalue weighted by molar-refractivity contribution is -0.265. The van der Waals surface area contributed by atoms with Gasteiger partial charge in [-0.1, -0.05) is 19.1 Å². The predicted molar refractivity (Wildman–Crippen MR) is 52.9 cm³/mol. The molecule has 3 aliphatic carbocycles. The predicted octanol–water partition coefficient (Wildman–Crippen LogP) is 1.58. The third kappa shape index (κ3) is 1.03. The summed E-state index contributed by atoms with van der Waals surface area (Å²) in [6.07, 6.45) is 7.01. The van der Waals surface area contributed by atoms with Crippen molar-refractivity contribution in [2.45, 2.75) is 44.2 Å². The summed E-state index contributed by atoms with van der Waals surface area (Å²) in [5, 5.41) is 7.84. The number of hydrogen-bond acceptors (Lipinski definition) is 3. The first-order chi connectivity index (χ1) is 6.79. The molecule has 4 nitrogen and oxygen atoms in total. The van der Waals surface area contributed by atoms with Crippen LogP contribution in [0.3, 0.4) is 0 Å². The maximum absolute atomic E-state index is 5.40. The Morgan fingerprint density at radius 3 is 2.36 bits per heavy atom. The van der Waals surface area contributed by atoms with E-state index in [9.17, 15) is 0 Å². The Labute approximate surface area is 84.3 Å². The first-order valence-electron chi connectivity index (χ1n) is 5.21. The number of hydrogen-bond donors (Lipinski definition) is 0. The molecule has 0 unspecified atom stereocenters. The van der Waals surface area contributed by atoms with E-state index >= 15 is 0 Å². The maximum atomic E-state index is 5.40. The molecule has 1 heterocycles. The molecule has 0 aromatic carbocycles. The molecule has 4 rings (SSSR count). The van der Waals surface area contributed by atoms with Gasteiger partial charge in [-0.25, -0.2) is 4.68 Å². The van der Waals surface area contributed by atoms with Crippen LogP contribution in [0.4, 0.5) is 0 Å². The summed E-state index contributed by atoms with van der Waals surface area (Å²) >= 11 is 0. The standard InChI is InChI=1S/C8H11N3O.C2H6/c1-12-8-4-7(5-8,6-8)11-3-2-9-10-11;1-2/h2-3H,4-6H2,1H3;1-2H3. The lowest BCUT2D eigenvalue weighted by Crippen LogP contribution is -2.73. The zero-order valence-corrected chi connectivity index (χ0v) is 9.03. The second-order valence-electron chi connectivity index (χ2n) is 3.99. The Morgan fingerprint density at radius 1 is 1.29 bits per heavy atom. The van der Waals surface area contributed by atoms with Crippen molar-refractivity contribution >= 4 is 0 Å². The van der Waals surface area contributed by atoms with E-state index in [2.05, 4.69) is 10.3 Å². The van der Waals surface area contributed by atoms with Crippen molar-refractivity contribution in [3.63, 3.8) is 0 Å². The fourth-order valence-electron chi connectivity index (χ4n) is 2.56. The van der Waals surface area contributed by atoms with Gasteiger partial charge < -0.3 is 4.74 Å². The largest absolute Gasteiger partial charge is 0.378 e. The van der Waals surface area contributed by atoms with E-state index in [0.717, 1.165) is 19.3 Å². The monoisotopic (exact) mass is 195 g/mol. The molecule has 1 aromatic heterocycles. The van der Waals surface area contributed by atoms with Gasteiger partial charge in [0.05, 0.1) is 17.3 Å². The van der Waals surface area contributed by atoms with Gasteiger partial charge >= 0.3 is 0 Å². The van der Waals surface area contributed by atoms with Gasteiger partial charge in [0.25, 0.3) is 0 Å². The summed E-state index contributed by atoms with van der Waals surface area (Å²) in [5.41, 5.74) is 0.471. The Balaban J connectivity index is 0.000000354. The third-order valence-electron chi connectivity index (χ3n) is 3.30. The van der Waals surface area contributed by atoms with Crippen molar-refractivity contribution in [3.05, 3.63) is 12.4 Å². The van der Waals surface area contributed by atoms with Crippen molar-refractivity contribution in [2.24, 2.45) is 0 Å². The minimum absolute atomic E-state index is 0.200. The lowest BCUT2D eigenvalue weighted by atomic mass is 9.46. The second kappa shape index (κ2) is 3.05. The Morgan fingerprint density at radius 2 is 1.93 bits per heavy atom. The van der Waals surface area contributed by atoms with Gasteiger partial charge in [-0.05, 0) is 0 Å². The molecule has 1 aromatic rings. The van der Waals surface area contributed by atoms with Crippen molar-refractivity contribution in [1.29, 1.82) is 0 Å². The Kier molecular flexibility index (Phi) is 2.10. The number of nitrogens with zero attached hydrogens (tertiary/aromatic N) is 3. The van der Waals surface area contributed by atoms with E-state index in [0.29, 0.717) is 0 Å². The van der Waals surface area contributed by atoms with Gasteiger partial charge in [0, 0.05) is 32.6 Å². The van der Waals surface area contributed by atoms with Gasteiger partial charge in [0.1, 0.15) is 0 Å². The molecular weight excluding hydrogens is 178 g/mol. The topological polar surface area (TPSA) is 39.9 Å². The van der Waals surface area contributed by atoms with Gasteiger partial charge in [0.15, 0.2) is 0 Å². The summed E-state index contributed by atoms with van der Waals surface area (Å²) in [6.45, 7) is 4.00. The fourth-order valence-corrected chi connectivity index (χ4v) is 2.56. The molecule has 14 heavy (non-hydrogen) atoms. The molecule has 0 N–H and O–H groups in total. The van der Waals surface area contributed by atoms with Crippen LogP contribution in [-0.4, -0.2) is 27.7 Å². The first-order valence-corrected chi connectivity index (χ1v) is 5.21. The van der Waals surface area contributed by atoms with Crippen LogP contribution in [0, 0.1) is 0 Å². The van der Waals surface area contributed by atoms with Crippen LogP contribution in [0.1, 0.15) is 33.1 Å². The van der Waals surface area contributed by atoms with E-state index in [1.54, 1.807) is 13.3 Å². The van der Waals surface area contributed by atoms with E-state index in [4.69, 9.17) is 4.74 Å².